The molecule has 120 valence electrons. The number of hydrogen-bond donors (Lipinski definition) is 0. The van der Waals surface area contributed by atoms with Crippen LogP contribution in [0.25, 0.3) is 0 Å². The summed E-state index contributed by atoms with van der Waals surface area (Å²) in [7, 11) is 0. The minimum atomic E-state index is 0.811. The first-order valence-corrected chi connectivity index (χ1v) is 8.41. The Hall–Kier alpha value is -0.980. The van der Waals surface area contributed by atoms with Gasteiger partial charge in [-0.3, -0.25) is 0 Å². The van der Waals surface area contributed by atoms with Gasteiger partial charge in [0.2, 0.25) is 0 Å². The third kappa shape index (κ3) is 19.4. The molecular formula is C19H38O. The Bertz CT molecular complexity index is 236. The molecule has 0 radical (unpaired) electrons. The maximum atomic E-state index is 5.45. The predicted octanol–water partition coefficient (Wildman–Crippen LogP) is 6.90. The van der Waals surface area contributed by atoms with Crippen LogP contribution in [0, 0.1) is 0 Å². The van der Waals surface area contributed by atoms with Crippen LogP contribution in [-0.2, 0) is 6.42 Å². The van der Waals surface area contributed by atoms with Crippen molar-refractivity contribution in [1.29, 1.82) is 0 Å². The lowest BCUT2D eigenvalue weighted by Crippen LogP contribution is -1.94. The predicted molar refractivity (Wildman–Crippen MR) is 94.9 cm³/mol. The molecule has 1 nitrogen and oxygen atoms in total. The summed E-state index contributed by atoms with van der Waals surface area (Å²) in [6, 6.07) is 8.30. The van der Waals surface area contributed by atoms with Gasteiger partial charge >= 0.3 is 0 Å². The molecule has 0 bridgehead atoms. The van der Waals surface area contributed by atoms with Gasteiger partial charge < -0.3 is 4.74 Å². The first kappa shape index (κ1) is 24.1. The molecule has 0 aliphatic heterocycles. The lowest BCUT2D eigenvalue weighted by Gasteiger charge is -2.04. The summed E-state index contributed by atoms with van der Waals surface area (Å²) in [5.41, 5.74) is 1.36. The van der Waals surface area contributed by atoms with Gasteiger partial charge in [-0.15, -0.1) is 0 Å². The molecule has 20 heavy (non-hydrogen) atoms. The summed E-state index contributed by atoms with van der Waals surface area (Å²) >= 11 is 0. The lowest BCUT2D eigenvalue weighted by atomic mass is 10.2. The first-order valence-electron chi connectivity index (χ1n) is 8.41. The summed E-state index contributed by atoms with van der Waals surface area (Å²) in [5.74, 6) is 0.981. The molecule has 0 aromatic heterocycles. The van der Waals surface area contributed by atoms with Crippen molar-refractivity contribution < 1.29 is 4.74 Å². The Morgan fingerprint density at radius 3 is 1.45 bits per heavy atom. The molecule has 0 aliphatic rings. The van der Waals surface area contributed by atoms with Crippen LogP contribution in [0.1, 0.15) is 80.2 Å². The SMILES string of the molecule is CC.CCC.CCC.CCCOc1ccc(CC)cc1. The smallest absolute Gasteiger partial charge is 0.119 e. The Kier molecular flexibility index (Phi) is 27.8. The molecule has 0 amide bonds. The first-order chi connectivity index (χ1) is 9.69. The normalized spacial score (nSPS) is 8.00. The Balaban J connectivity index is -0.000000304. The van der Waals surface area contributed by atoms with E-state index in [0.29, 0.717) is 0 Å². The van der Waals surface area contributed by atoms with Crippen molar-refractivity contribution in [3.8, 4) is 5.75 Å². The third-order valence-electron chi connectivity index (χ3n) is 1.80. The highest BCUT2D eigenvalue weighted by atomic mass is 16.5. The third-order valence-corrected chi connectivity index (χ3v) is 1.80. The van der Waals surface area contributed by atoms with Crippen molar-refractivity contribution in [2.45, 2.75) is 81.1 Å². The molecule has 0 saturated carbocycles. The standard InChI is InChI=1S/C11H16O.2C3H8.C2H6/c1-3-9-12-11-7-5-10(4-2)6-8-11;2*1-3-2;1-2/h5-8H,3-4,9H2,1-2H3;2*3H2,1-2H3;1-2H3. The van der Waals surface area contributed by atoms with Gasteiger partial charge in [0, 0.05) is 0 Å². The minimum Gasteiger partial charge on any atom is -0.494 e. The molecule has 0 fully saturated rings. The molecule has 1 aromatic rings. The number of ether oxygens (including phenoxy) is 1. The van der Waals surface area contributed by atoms with Crippen LogP contribution in [-0.4, -0.2) is 6.61 Å². The Labute approximate surface area is 128 Å². The van der Waals surface area contributed by atoms with Crippen LogP contribution in [0.3, 0.4) is 0 Å². The van der Waals surface area contributed by atoms with Gasteiger partial charge in [0.15, 0.2) is 0 Å². The molecular weight excluding hydrogens is 244 g/mol. The Morgan fingerprint density at radius 1 is 0.750 bits per heavy atom. The van der Waals surface area contributed by atoms with E-state index in [9.17, 15) is 0 Å². The van der Waals surface area contributed by atoms with Gasteiger partial charge in [0.25, 0.3) is 0 Å². The lowest BCUT2D eigenvalue weighted by molar-refractivity contribution is 0.317. The largest absolute Gasteiger partial charge is 0.494 e. The van der Waals surface area contributed by atoms with Crippen LogP contribution in [0.5, 0.6) is 5.75 Å². The van der Waals surface area contributed by atoms with Crippen molar-refractivity contribution in [2.24, 2.45) is 0 Å². The van der Waals surface area contributed by atoms with E-state index >= 15 is 0 Å². The summed E-state index contributed by atoms with van der Waals surface area (Å²) in [6.07, 6.45) is 4.66. The number of rotatable bonds is 4. The highest BCUT2D eigenvalue weighted by molar-refractivity contribution is 5.27. The second kappa shape index (κ2) is 23.1. The number of aryl methyl sites for hydroxylation is 1. The van der Waals surface area contributed by atoms with E-state index in [1.165, 1.54) is 18.4 Å². The highest BCUT2D eigenvalue weighted by Crippen LogP contribution is 2.12. The summed E-state index contributed by atoms with van der Waals surface area (Å²) in [5, 5.41) is 0. The van der Waals surface area contributed by atoms with E-state index < -0.39 is 0 Å². The zero-order valence-corrected chi connectivity index (χ0v) is 15.3. The van der Waals surface area contributed by atoms with Crippen molar-refractivity contribution in [1.82, 2.24) is 0 Å². The van der Waals surface area contributed by atoms with E-state index in [1.807, 2.05) is 26.0 Å². The van der Waals surface area contributed by atoms with Crippen molar-refractivity contribution >= 4 is 0 Å². The zero-order chi connectivity index (χ0) is 16.2. The average molecular weight is 283 g/mol. The van der Waals surface area contributed by atoms with Gasteiger partial charge in [0.05, 0.1) is 6.61 Å². The molecule has 0 atom stereocenters. The van der Waals surface area contributed by atoms with Crippen molar-refractivity contribution in [3.05, 3.63) is 29.8 Å². The van der Waals surface area contributed by atoms with Gasteiger partial charge in [0.1, 0.15) is 5.75 Å². The minimum absolute atomic E-state index is 0.811. The molecule has 1 aromatic carbocycles. The van der Waals surface area contributed by atoms with Crippen LogP contribution in [0.2, 0.25) is 0 Å². The monoisotopic (exact) mass is 282 g/mol. The van der Waals surface area contributed by atoms with Gasteiger partial charge in [-0.1, -0.05) is 80.4 Å². The topological polar surface area (TPSA) is 9.23 Å². The maximum Gasteiger partial charge on any atom is 0.119 e. The number of benzene rings is 1. The second-order valence-electron chi connectivity index (χ2n) is 4.26. The molecule has 0 heterocycles. The molecule has 0 N–H and O–H groups in total. The van der Waals surface area contributed by atoms with E-state index in [4.69, 9.17) is 4.74 Å². The summed E-state index contributed by atoms with van der Waals surface area (Å²) in [6.45, 7) is 17.6. The van der Waals surface area contributed by atoms with Crippen LogP contribution in [0.15, 0.2) is 24.3 Å². The number of hydrogen-bond acceptors (Lipinski definition) is 1. The van der Waals surface area contributed by atoms with E-state index in [2.05, 4.69) is 53.7 Å². The fourth-order valence-electron chi connectivity index (χ4n) is 1.04. The van der Waals surface area contributed by atoms with E-state index in [0.717, 1.165) is 25.2 Å². The van der Waals surface area contributed by atoms with Gasteiger partial charge in [-0.05, 0) is 30.5 Å². The van der Waals surface area contributed by atoms with Gasteiger partial charge in [-0.25, -0.2) is 0 Å². The fourth-order valence-corrected chi connectivity index (χ4v) is 1.04. The second-order valence-corrected chi connectivity index (χ2v) is 4.26. The molecule has 0 aliphatic carbocycles. The highest BCUT2D eigenvalue weighted by Gasteiger charge is 1.91. The summed E-state index contributed by atoms with van der Waals surface area (Å²) in [4.78, 5) is 0. The fraction of sp³-hybridized carbons (Fsp3) is 0.684. The van der Waals surface area contributed by atoms with Crippen LogP contribution >= 0.6 is 0 Å². The molecule has 0 unspecified atom stereocenters. The quantitative estimate of drug-likeness (QED) is 0.583. The average Bonchev–Trinajstić information content (AvgIpc) is 2.49. The molecule has 1 rings (SSSR count). The molecule has 0 spiro atoms. The van der Waals surface area contributed by atoms with Crippen LogP contribution < -0.4 is 4.74 Å². The van der Waals surface area contributed by atoms with Crippen molar-refractivity contribution in [3.63, 3.8) is 0 Å². The van der Waals surface area contributed by atoms with Crippen molar-refractivity contribution in [2.75, 3.05) is 6.61 Å². The van der Waals surface area contributed by atoms with E-state index in [-0.39, 0.29) is 0 Å². The molecule has 1 heteroatoms. The van der Waals surface area contributed by atoms with Crippen LogP contribution in [0.4, 0.5) is 0 Å². The van der Waals surface area contributed by atoms with Gasteiger partial charge in [-0.2, -0.15) is 0 Å². The summed E-state index contributed by atoms with van der Waals surface area (Å²) < 4.78 is 5.45. The molecule has 0 saturated heterocycles. The Morgan fingerprint density at radius 2 is 1.15 bits per heavy atom. The zero-order valence-electron chi connectivity index (χ0n) is 15.3. The maximum absolute atomic E-state index is 5.45. The van der Waals surface area contributed by atoms with E-state index in [1.54, 1.807) is 0 Å².